The summed E-state index contributed by atoms with van der Waals surface area (Å²) in [4.78, 5) is 52.1. The van der Waals surface area contributed by atoms with Crippen LogP contribution in [0.5, 0.6) is 0 Å². The van der Waals surface area contributed by atoms with Gasteiger partial charge in [-0.1, -0.05) is 38.5 Å². The van der Waals surface area contributed by atoms with Gasteiger partial charge < -0.3 is 36.9 Å². The Morgan fingerprint density at radius 3 is 2.32 bits per heavy atom. The van der Waals surface area contributed by atoms with Crippen LogP contribution in [0.3, 0.4) is 0 Å². The summed E-state index contributed by atoms with van der Waals surface area (Å²) in [5.41, 5.74) is 7.92. The van der Waals surface area contributed by atoms with E-state index in [-0.39, 0.29) is 12.3 Å². The van der Waals surface area contributed by atoms with Crippen LogP contribution in [0.2, 0.25) is 0 Å². The molecule has 0 bridgehead atoms. The predicted molar refractivity (Wildman–Crippen MR) is 126 cm³/mol. The number of hydrogen-bond donors (Lipinski definition) is 7. The van der Waals surface area contributed by atoms with Crippen molar-refractivity contribution in [1.82, 2.24) is 20.9 Å². The molecule has 0 radical (unpaired) electrons. The number of hydrogen-bond acceptors (Lipinski definition) is 6. The second kappa shape index (κ2) is 12.1. The highest BCUT2D eigenvalue weighted by molar-refractivity contribution is 5.94. The van der Waals surface area contributed by atoms with Gasteiger partial charge >= 0.3 is 5.97 Å². The van der Waals surface area contributed by atoms with Crippen molar-refractivity contribution in [2.45, 2.75) is 57.8 Å². The largest absolute Gasteiger partial charge is 0.480 e. The summed E-state index contributed by atoms with van der Waals surface area (Å²) in [6, 6.07) is 3.11. The van der Waals surface area contributed by atoms with Gasteiger partial charge in [-0.15, -0.1) is 0 Å². The third kappa shape index (κ3) is 6.78. The van der Waals surface area contributed by atoms with Crippen LogP contribution in [0.15, 0.2) is 30.5 Å². The standard InChI is InChI=1S/C23H33N5O6/c1-4-12(2)19(22(32)27-18(11-29)21(31)26-13(3)23(33)34)28-20(30)16(24)9-14-10-25-17-8-6-5-7-15(14)17/h5-8,10,12-13,16,18-19,25,29H,4,9,11,24H2,1-3H3,(H,26,31)(H,27,32)(H,28,30)(H,33,34). The van der Waals surface area contributed by atoms with Gasteiger partial charge in [-0.05, 0) is 30.9 Å². The highest BCUT2D eigenvalue weighted by Crippen LogP contribution is 2.19. The predicted octanol–water partition coefficient (Wildman–Crippen LogP) is -0.365. The molecule has 0 fully saturated rings. The van der Waals surface area contributed by atoms with Crippen molar-refractivity contribution >= 4 is 34.6 Å². The summed E-state index contributed by atoms with van der Waals surface area (Å²) in [5, 5.41) is 26.7. The molecule has 1 heterocycles. The number of carboxylic acids is 1. The van der Waals surface area contributed by atoms with E-state index in [2.05, 4.69) is 20.9 Å². The summed E-state index contributed by atoms with van der Waals surface area (Å²) >= 11 is 0. The Morgan fingerprint density at radius 2 is 1.71 bits per heavy atom. The molecule has 186 valence electrons. The van der Waals surface area contributed by atoms with Crippen molar-refractivity contribution in [2.75, 3.05) is 6.61 Å². The number of rotatable bonds is 12. The highest BCUT2D eigenvalue weighted by Gasteiger charge is 2.31. The molecule has 5 atom stereocenters. The topological polar surface area (TPSA) is 187 Å². The quantitative estimate of drug-likeness (QED) is 0.218. The number of carbonyl (C=O) groups excluding carboxylic acids is 3. The van der Waals surface area contributed by atoms with Crippen LogP contribution in [0.4, 0.5) is 0 Å². The van der Waals surface area contributed by atoms with E-state index in [0.29, 0.717) is 6.42 Å². The Balaban J connectivity index is 2.07. The lowest BCUT2D eigenvalue weighted by Gasteiger charge is -2.27. The number of benzene rings is 1. The number of nitrogens with two attached hydrogens (primary N) is 1. The van der Waals surface area contributed by atoms with E-state index >= 15 is 0 Å². The first-order chi connectivity index (χ1) is 16.1. The normalized spacial score (nSPS) is 15.6. The molecule has 2 aromatic rings. The zero-order valence-corrected chi connectivity index (χ0v) is 19.5. The van der Waals surface area contributed by atoms with E-state index in [9.17, 15) is 24.3 Å². The molecule has 5 unspecified atom stereocenters. The highest BCUT2D eigenvalue weighted by atomic mass is 16.4. The fraction of sp³-hybridized carbons (Fsp3) is 0.478. The van der Waals surface area contributed by atoms with Crippen molar-refractivity contribution in [3.05, 3.63) is 36.0 Å². The van der Waals surface area contributed by atoms with Crippen LogP contribution in [-0.4, -0.2) is 69.7 Å². The number of aliphatic carboxylic acids is 1. The van der Waals surface area contributed by atoms with E-state index < -0.39 is 54.5 Å². The molecule has 34 heavy (non-hydrogen) atoms. The van der Waals surface area contributed by atoms with E-state index in [0.717, 1.165) is 16.5 Å². The smallest absolute Gasteiger partial charge is 0.325 e. The Labute approximate surface area is 197 Å². The van der Waals surface area contributed by atoms with Crippen molar-refractivity contribution in [2.24, 2.45) is 11.7 Å². The van der Waals surface area contributed by atoms with Gasteiger partial charge in [0.1, 0.15) is 18.1 Å². The number of aliphatic hydroxyl groups is 1. The maximum atomic E-state index is 12.9. The molecule has 0 spiro atoms. The van der Waals surface area contributed by atoms with Gasteiger partial charge in [-0.3, -0.25) is 19.2 Å². The van der Waals surface area contributed by atoms with Gasteiger partial charge in [0.25, 0.3) is 0 Å². The molecule has 0 aliphatic heterocycles. The van der Waals surface area contributed by atoms with Gasteiger partial charge in [0.05, 0.1) is 12.6 Å². The van der Waals surface area contributed by atoms with Crippen molar-refractivity contribution < 1.29 is 29.4 Å². The van der Waals surface area contributed by atoms with Gasteiger partial charge in [-0.25, -0.2) is 0 Å². The summed E-state index contributed by atoms with van der Waals surface area (Å²) in [6.07, 6.45) is 2.58. The SMILES string of the molecule is CCC(C)C(NC(=O)C(N)Cc1c[nH]c2ccccc12)C(=O)NC(CO)C(=O)NC(C)C(=O)O. The number of H-pyrrole nitrogens is 1. The fourth-order valence-corrected chi connectivity index (χ4v) is 3.42. The second-order valence-electron chi connectivity index (χ2n) is 8.35. The van der Waals surface area contributed by atoms with Gasteiger partial charge in [0, 0.05) is 17.1 Å². The van der Waals surface area contributed by atoms with E-state index in [1.165, 1.54) is 6.92 Å². The second-order valence-corrected chi connectivity index (χ2v) is 8.35. The Bertz CT molecular complexity index is 1020. The molecule has 2 rings (SSSR count). The zero-order chi connectivity index (χ0) is 25.4. The van der Waals surface area contributed by atoms with E-state index in [1.807, 2.05) is 31.2 Å². The zero-order valence-electron chi connectivity index (χ0n) is 19.5. The van der Waals surface area contributed by atoms with Crippen LogP contribution in [0.25, 0.3) is 10.9 Å². The molecule has 0 aliphatic rings. The molecule has 1 aromatic heterocycles. The molecule has 0 saturated heterocycles. The summed E-state index contributed by atoms with van der Waals surface area (Å²) < 4.78 is 0. The Morgan fingerprint density at radius 1 is 1.03 bits per heavy atom. The Kier molecular flexibility index (Phi) is 9.58. The number of amides is 3. The Hall–Kier alpha value is -3.44. The number of nitrogens with one attached hydrogen (secondary N) is 4. The van der Waals surface area contributed by atoms with Gasteiger partial charge in [0.15, 0.2) is 0 Å². The maximum absolute atomic E-state index is 12.9. The first-order valence-corrected chi connectivity index (χ1v) is 11.1. The number of carboxylic acid groups (broad SMARTS) is 1. The monoisotopic (exact) mass is 475 g/mol. The minimum absolute atomic E-state index is 0.249. The van der Waals surface area contributed by atoms with Crippen LogP contribution in [0.1, 0.15) is 32.8 Å². The summed E-state index contributed by atoms with van der Waals surface area (Å²) in [6.45, 7) is 4.11. The lowest BCUT2D eigenvalue weighted by Crippen LogP contribution is -2.59. The maximum Gasteiger partial charge on any atom is 0.325 e. The molecule has 1 aromatic carbocycles. The van der Waals surface area contributed by atoms with E-state index in [4.69, 9.17) is 10.8 Å². The number of aromatic amines is 1. The summed E-state index contributed by atoms with van der Waals surface area (Å²) in [7, 11) is 0. The average molecular weight is 476 g/mol. The third-order valence-electron chi connectivity index (χ3n) is 5.79. The first-order valence-electron chi connectivity index (χ1n) is 11.1. The number of para-hydroxylation sites is 1. The molecular formula is C23H33N5O6. The van der Waals surface area contributed by atoms with E-state index in [1.54, 1.807) is 13.1 Å². The molecule has 8 N–H and O–H groups in total. The lowest BCUT2D eigenvalue weighted by molar-refractivity contribution is -0.142. The van der Waals surface area contributed by atoms with Gasteiger partial charge in [0.2, 0.25) is 17.7 Å². The number of aromatic nitrogens is 1. The van der Waals surface area contributed by atoms with Crippen LogP contribution in [0, 0.1) is 5.92 Å². The third-order valence-corrected chi connectivity index (χ3v) is 5.79. The minimum Gasteiger partial charge on any atom is -0.480 e. The first kappa shape index (κ1) is 26.8. The number of fused-ring (bicyclic) bond motifs is 1. The van der Waals surface area contributed by atoms with Gasteiger partial charge in [-0.2, -0.15) is 0 Å². The number of aliphatic hydroxyl groups excluding tert-OH is 1. The lowest BCUT2D eigenvalue weighted by atomic mass is 9.97. The number of carbonyl (C=O) groups is 4. The van der Waals surface area contributed by atoms with Crippen molar-refractivity contribution in [1.29, 1.82) is 0 Å². The van der Waals surface area contributed by atoms with Crippen molar-refractivity contribution in [3.63, 3.8) is 0 Å². The minimum atomic E-state index is -1.38. The van der Waals surface area contributed by atoms with Crippen LogP contribution >= 0.6 is 0 Å². The molecule has 11 heteroatoms. The average Bonchev–Trinajstić information content (AvgIpc) is 3.22. The molecular weight excluding hydrogens is 442 g/mol. The molecule has 11 nitrogen and oxygen atoms in total. The molecule has 0 saturated carbocycles. The van der Waals surface area contributed by atoms with Crippen molar-refractivity contribution in [3.8, 4) is 0 Å². The molecule has 0 aliphatic carbocycles. The van der Waals surface area contributed by atoms with Crippen LogP contribution in [-0.2, 0) is 25.6 Å². The molecule has 3 amide bonds. The fourth-order valence-electron chi connectivity index (χ4n) is 3.42. The summed E-state index contributed by atoms with van der Waals surface area (Å²) in [5.74, 6) is -3.62. The van der Waals surface area contributed by atoms with Crippen LogP contribution < -0.4 is 21.7 Å².